The van der Waals surface area contributed by atoms with E-state index in [-0.39, 0.29) is 0 Å². The molecule has 0 atom stereocenters. The first-order valence-corrected chi connectivity index (χ1v) is 5.77. The lowest BCUT2D eigenvalue weighted by molar-refractivity contribution is 1.52. The van der Waals surface area contributed by atoms with Gasteiger partial charge in [-0.1, -0.05) is 30.3 Å². The van der Waals surface area contributed by atoms with Crippen LogP contribution in [0.2, 0.25) is 0 Å². The van der Waals surface area contributed by atoms with Crippen LogP contribution in [0.5, 0.6) is 0 Å². The lowest BCUT2D eigenvalue weighted by Gasteiger charge is -1.94. The monoisotopic (exact) mass is 307 g/mol. The highest BCUT2D eigenvalue weighted by Gasteiger charge is 1.88. The molecule has 0 amide bonds. The van der Waals surface area contributed by atoms with Gasteiger partial charge in [-0.3, -0.25) is 4.99 Å². The molecule has 0 radical (unpaired) electrons. The molecule has 2 aromatic carbocycles. The average Bonchev–Trinajstić information content (AvgIpc) is 2.30. The summed E-state index contributed by atoms with van der Waals surface area (Å²) in [5.41, 5.74) is 2.11. The number of hydrogen-bond donors (Lipinski definition) is 0. The summed E-state index contributed by atoms with van der Waals surface area (Å²) in [7, 11) is 0. The molecule has 0 saturated carbocycles. The van der Waals surface area contributed by atoms with Gasteiger partial charge >= 0.3 is 0 Å². The molecular weight excluding hydrogens is 297 g/mol. The number of nitrogens with zero attached hydrogens (tertiary/aromatic N) is 1. The molecular formula is C13H10IN. The predicted octanol–water partition coefficient (Wildman–Crippen LogP) is 4.04. The lowest BCUT2D eigenvalue weighted by atomic mass is 10.2. The quantitative estimate of drug-likeness (QED) is 0.586. The average molecular weight is 307 g/mol. The van der Waals surface area contributed by atoms with E-state index in [0.29, 0.717) is 0 Å². The van der Waals surface area contributed by atoms with E-state index in [4.69, 9.17) is 0 Å². The summed E-state index contributed by atoms with van der Waals surface area (Å²) in [6.07, 6.45) is 1.88. The van der Waals surface area contributed by atoms with Crippen LogP contribution in [0.3, 0.4) is 0 Å². The second-order valence-electron chi connectivity index (χ2n) is 3.15. The Kier molecular flexibility index (Phi) is 3.50. The van der Waals surface area contributed by atoms with Crippen molar-refractivity contribution in [1.29, 1.82) is 0 Å². The molecule has 2 heteroatoms. The third kappa shape index (κ3) is 3.16. The van der Waals surface area contributed by atoms with Crippen molar-refractivity contribution in [3.8, 4) is 0 Å². The van der Waals surface area contributed by atoms with Crippen molar-refractivity contribution >= 4 is 34.5 Å². The zero-order valence-electron chi connectivity index (χ0n) is 8.10. The zero-order valence-corrected chi connectivity index (χ0v) is 10.3. The van der Waals surface area contributed by atoms with Gasteiger partial charge in [-0.25, -0.2) is 0 Å². The van der Waals surface area contributed by atoms with Crippen LogP contribution in [0, 0.1) is 3.57 Å². The second-order valence-corrected chi connectivity index (χ2v) is 4.39. The summed E-state index contributed by atoms with van der Waals surface area (Å²) in [5.74, 6) is 0. The number of benzene rings is 2. The van der Waals surface area contributed by atoms with Gasteiger partial charge in [0.2, 0.25) is 0 Å². The maximum Gasteiger partial charge on any atom is 0.0629 e. The van der Waals surface area contributed by atoms with E-state index in [9.17, 15) is 0 Å². The van der Waals surface area contributed by atoms with Crippen LogP contribution in [-0.4, -0.2) is 6.21 Å². The zero-order chi connectivity index (χ0) is 10.5. The summed E-state index contributed by atoms with van der Waals surface area (Å²) in [6, 6.07) is 18.2. The van der Waals surface area contributed by atoms with Gasteiger partial charge in [-0.15, -0.1) is 0 Å². The van der Waals surface area contributed by atoms with Crippen molar-refractivity contribution in [3.05, 3.63) is 63.7 Å². The molecule has 74 valence electrons. The molecule has 0 saturated heterocycles. The fourth-order valence-corrected chi connectivity index (χ4v) is 1.57. The highest BCUT2D eigenvalue weighted by molar-refractivity contribution is 14.1. The fourth-order valence-electron chi connectivity index (χ4n) is 1.21. The van der Waals surface area contributed by atoms with Crippen LogP contribution in [0.4, 0.5) is 5.69 Å². The number of halogens is 1. The van der Waals surface area contributed by atoms with Gasteiger partial charge in [0.1, 0.15) is 0 Å². The first-order valence-electron chi connectivity index (χ1n) is 4.69. The maximum absolute atomic E-state index is 4.38. The fraction of sp³-hybridized carbons (Fsp3) is 0. The van der Waals surface area contributed by atoms with Crippen LogP contribution < -0.4 is 0 Å². The lowest BCUT2D eigenvalue weighted by Crippen LogP contribution is -1.79. The topological polar surface area (TPSA) is 12.4 Å². The van der Waals surface area contributed by atoms with E-state index in [1.54, 1.807) is 0 Å². The molecule has 0 aliphatic carbocycles. The standard InChI is InChI=1S/C13H10IN/c14-12-8-6-11(7-9-12)10-15-13-4-2-1-3-5-13/h1-10H. The van der Waals surface area contributed by atoms with Gasteiger partial charge < -0.3 is 0 Å². The van der Waals surface area contributed by atoms with Crippen LogP contribution in [0.15, 0.2) is 59.6 Å². The molecule has 0 aliphatic heterocycles. The minimum absolute atomic E-state index is 0.982. The summed E-state index contributed by atoms with van der Waals surface area (Å²) in [6.45, 7) is 0. The van der Waals surface area contributed by atoms with Gasteiger partial charge in [0.25, 0.3) is 0 Å². The van der Waals surface area contributed by atoms with Crippen LogP contribution in [0.1, 0.15) is 5.56 Å². The second kappa shape index (κ2) is 5.07. The van der Waals surface area contributed by atoms with Crippen molar-refractivity contribution in [2.24, 2.45) is 4.99 Å². The van der Waals surface area contributed by atoms with E-state index in [2.05, 4.69) is 51.8 Å². The van der Waals surface area contributed by atoms with Crippen molar-refractivity contribution in [3.63, 3.8) is 0 Å². The van der Waals surface area contributed by atoms with E-state index in [1.165, 1.54) is 3.57 Å². The van der Waals surface area contributed by atoms with Crippen LogP contribution >= 0.6 is 22.6 Å². The normalized spacial score (nSPS) is 10.7. The van der Waals surface area contributed by atoms with Crippen LogP contribution in [0.25, 0.3) is 0 Å². The Bertz CT molecular complexity index is 446. The molecule has 0 heterocycles. The first-order chi connectivity index (χ1) is 7.34. The molecule has 1 nitrogen and oxygen atoms in total. The largest absolute Gasteiger partial charge is 0.256 e. The summed E-state index contributed by atoms with van der Waals surface area (Å²) < 4.78 is 1.24. The number of hydrogen-bond acceptors (Lipinski definition) is 1. The SMILES string of the molecule is Ic1ccc(C=Nc2ccccc2)cc1. The number of aliphatic imine (C=N–C) groups is 1. The van der Waals surface area contributed by atoms with E-state index in [0.717, 1.165) is 11.3 Å². The van der Waals surface area contributed by atoms with Gasteiger partial charge in [0.05, 0.1) is 5.69 Å². The first kappa shape index (κ1) is 10.4. The molecule has 0 aromatic heterocycles. The molecule has 0 aliphatic rings. The molecule has 2 aromatic rings. The Hall–Kier alpha value is -1.16. The highest BCUT2D eigenvalue weighted by atomic mass is 127. The Morgan fingerprint density at radius 2 is 1.53 bits per heavy atom. The van der Waals surface area contributed by atoms with E-state index < -0.39 is 0 Å². The Labute approximate surface area is 103 Å². The predicted molar refractivity (Wildman–Crippen MR) is 72.9 cm³/mol. The van der Waals surface area contributed by atoms with E-state index >= 15 is 0 Å². The highest BCUT2D eigenvalue weighted by Crippen LogP contribution is 2.10. The molecule has 0 fully saturated rings. The maximum atomic E-state index is 4.38. The van der Waals surface area contributed by atoms with Crippen LogP contribution in [-0.2, 0) is 0 Å². The summed E-state index contributed by atoms with van der Waals surface area (Å²) in [5, 5.41) is 0. The molecule has 0 unspecified atom stereocenters. The summed E-state index contributed by atoms with van der Waals surface area (Å²) >= 11 is 2.29. The number of rotatable bonds is 2. The minimum Gasteiger partial charge on any atom is -0.256 e. The third-order valence-corrected chi connectivity index (χ3v) is 2.71. The van der Waals surface area contributed by atoms with Gasteiger partial charge in [0.15, 0.2) is 0 Å². The van der Waals surface area contributed by atoms with Crippen molar-refractivity contribution < 1.29 is 0 Å². The van der Waals surface area contributed by atoms with Gasteiger partial charge in [-0.05, 0) is 52.4 Å². The Morgan fingerprint density at radius 3 is 2.20 bits per heavy atom. The van der Waals surface area contributed by atoms with Crippen molar-refractivity contribution in [2.75, 3.05) is 0 Å². The van der Waals surface area contributed by atoms with Crippen molar-refractivity contribution in [2.45, 2.75) is 0 Å². The Morgan fingerprint density at radius 1 is 0.867 bits per heavy atom. The summed E-state index contributed by atoms with van der Waals surface area (Å²) in [4.78, 5) is 4.38. The Balaban J connectivity index is 2.15. The molecule has 2 rings (SSSR count). The molecule has 0 bridgehead atoms. The van der Waals surface area contributed by atoms with E-state index in [1.807, 2.05) is 36.5 Å². The molecule has 15 heavy (non-hydrogen) atoms. The molecule has 0 spiro atoms. The third-order valence-electron chi connectivity index (χ3n) is 1.99. The minimum atomic E-state index is 0.982. The number of para-hydroxylation sites is 1. The molecule has 0 N–H and O–H groups in total. The smallest absolute Gasteiger partial charge is 0.0629 e. The van der Waals surface area contributed by atoms with Gasteiger partial charge in [0, 0.05) is 9.78 Å². The van der Waals surface area contributed by atoms with Crippen molar-refractivity contribution in [1.82, 2.24) is 0 Å². The van der Waals surface area contributed by atoms with Gasteiger partial charge in [-0.2, -0.15) is 0 Å².